The van der Waals surface area contributed by atoms with E-state index in [1.807, 2.05) is 24.8 Å². The van der Waals surface area contributed by atoms with E-state index in [0.717, 1.165) is 11.1 Å². The van der Waals surface area contributed by atoms with E-state index in [-0.39, 0.29) is 12.0 Å². The smallest absolute Gasteiger partial charge is 0.0631 e. The fourth-order valence-corrected chi connectivity index (χ4v) is 10.9. The lowest BCUT2D eigenvalue weighted by molar-refractivity contribution is 0.743. The number of hydrogen-bond acceptors (Lipinski definition) is 3. The van der Waals surface area contributed by atoms with E-state index in [4.69, 9.17) is 0 Å². The van der Waals surface area contributed by atoms with Gasteiger partial charge in [-0.3, -0.25) is 9.97 Å². The fraction of sp³-hybridized carbons (Fsp3) is 0.0357. The third-order valence-corrected chi connectivity index (χ3v) is 13.5. The lowest BCUT2D eigenvalue weighted by Gasteiger charge is -2.30. The monoisotopic (exact) mass is 777 g/mol. The standard InChI is InChI=1S/C56H35N5/c1-2-8-42(9-3-1)59-47-18-16-43(60-49-10-4-6-36-12-14-38-28-40(34-20-24-57-25-21-34)30-51(60)55(38)53(36)49)32-45(47)46-33-44(17-19-48(46)59)61-50-11-5-7-37-13-15-39-29-41(35-22-26-58-27-23-35)31-52(61)56(39)54(37)50/h1-33,45,47H. The molecular weight excluding hydrogens is 743 g/mol. The van der Waals surface area contributed by atoms with Gasteiger partial charge in [0, 0.05) is 75.0 Å². The van der Waals surface area contributed by atoms with Crippen molar-refractivity contribution in [3.63, 3.8) is 0 Å². The van der Waals surface area contributed by atoms with Crippen LogP contribution in [0.1, 0.15) is 11.5 Å². The van der Waals surface area contributed by atoms with Crippen LogP contribution in [0.25, 0.3) is 98.8 Å². The average Bonchev–Trinajstić information content (AvgIpc) is 3.97. The van der Waals surface area contributed by atoms with Crippen LogP contribution in [0, 0.1) is 0 Å². The molecule has 0 saturated carbocycles. The Balaban J connectivity index is 1.01. The molecule has 12 aromatic rings. The van der Waals surface area contributed by atoms with E-state index in [2.05, 4.69) is 200 Å². The highest BCUT2D eigenvalue weighted by Crippen LogP contribution is 2.51. The maximum Gasteiger partial charge on any atom is 0.0631 e. The fourth-order valence-electron chi connectivity index (χ4n) is 10.9. The molecule has 0 amide bonds. The number of para-hydroxylation sites is 1. The van der Waals surface area contributed by atoms with Gasteiger partial charge in [0.2, 0.25) is 0 Å². The van der Waals surface area contributed by atoms with Crippen molar-refractivity contribution < 1.29 is 0 Å². The Labute approximate surface area is 351 Å². The lowest BCUT2D eigenvalue weighted by Crippen LogP contribution is -2.29. The Morgan fingerprint density at radius 3 is 1.62 bits per heavy atom. The van der Waals surface area contributed by atoms with Crippen molar-refractivity contribution in [2.75, 3.05) is 4.90 Å². The molecule has 284 valence electrons. The molecule has 1 aliphatic carbocycles. The van der Waals surface area contributed by atoms with Gasteiger partial charge >= 0.3 is 0 Å². The van der Waals surface area contributed by atoms with Crippen molar-refractivity contribution in [3.8, 4) is 27.9 Å². The first-order chi connectivity index (χ1) is 30.2. The number of allylic oxidation sites excluding steroid dienone is 2. The second-order valence-electron chi connectivity index (χ2n) is 16.6. The first kappa shape index (κ1) is 32.9. The minimum absolute atomic E-state index is 0.0980. The zero-order chi connectivity index (χ0) is 39.8. The molecule has 0 N–H and O–H groups in total. The Morgan fingerprint density at radius 2 is 0.984 bits per heavy atom. The molecule has 2 atom stereocenters. The molecule has 0 bridgehead atoms. The largest absolute Gasteiger partial charge is 0.333 e. The van der Waals surface area contributed by atoms with Gasteiger partial charge in [0.15, 0.2) is 0 Å². The number of aromatic nitrogens is 4. The van der Waals surface area contributed by atoms with Crippen molar-refractivity contribution in [2.24, 2.45) is 0 Å². The molecule has 0 saturated heterocycles. The number of fused-ring (bicyclic) bond motifs is 3. The molecule has 0 fully saturated rings. The highest BCUT2D eigenvalue weighted by atomic mass is 15.2. The molecule has 0 radical (unpaired) electrons. The summed E-state index contributed by atoms with van der Waals surface area (Å²) < 4.78 is 5.01. The predicted octanol–water partition coefficient (Wildman–Crippen LogP) is 13.9. The molecule has 2 unspecified atom stereocenters. The van der Waals surface area contributed by atoms with E-state index in [0.29, 0.717) is 0 Å². The van der Waals surface area contributed by atoms with E-state index >= 15 is 0 Å². The molecule has 5 nitrogen and oxygen atoms in total. The van der Waals surface area contributed by atoms with Gasteiger partial charge in [-0.15, -0.1) is 0 Å². The van der Waals surface area contributed by atoms with Gasteiger partial charge in [0.25, 0.3) is 0 Å². The Kier molecular flexibility index (Phi) is 6.61. The Morgan fingerprint density at radius 1 is 0.410 bits per heavy atom. The Hall–Kier alpha value is -8.02. The van der Waals surface area contributed by atoms with Crippen LogP contribution in [0.15, 0.2) is 201 Å². The van der Waals surface area contributed by atoms with Crippen LogP contribution < -0.4 is 4.90 Å². The summed E-state index contributed by atoms with van der Waals surface area (Å²) in [5.41, 5.74) is 15.7. The van der Waals surface area contributed by atoms with Crippen molar-refractivity contribution in [3.05, 3.63) is 206 Å². The van der Waals surface area contributed by atoms with Crippen LogP contribution in [0.3, 0.4) is 0 Å². The summed E-state index contributed by atoms with van der Waals surface area (Å²) in [6.45, 7) is 0. The number of hydrogen-bond donors (Lipinski definition) is 0. The quantitative estimate of drug-likeness (QED) is 0.163. The van der Waals surface area contributed by atoms with Gasteiger partial charge in [-0.05, 0) is 146 Å². The first-order valence-electron chi connectivity index (χ1n) is 21.0. The maximum atomic E-state index is 4.32. The van der Waals surface area contributed by atoms with Crippen LogP contribution in [-0.4, -0.2) is 25.1 Å². The van der Waals surface area contributed by atoms with Gasteiger partial charge in [0.1, 0.15) is 0 Å². The molecule has 14 rings (SSSR count). The van der Waals surface area contributed by atoms with Crippen molar-refractivity contribution in [2.45, 2.75) is 12.0 Å². The van der Waals surface area contributed by atoms with Crippen LogP contribution in [-0.2, 0) is 0 Å². The number of pyridine rings is 2. The second-order valence-corrected chi connectivity index (χ2v) is 16.6. The second kappa shape index (κ2) is 12.3. The highest BCUT2D eigenvalue weighted by molar-refractivity contribution is 6.26. The van der Waals surface area contributed by atoms with Crippen molar-refractivity contribution in [1.82, 2.24) is 19.1 Å². The van der Waals surface area contributed by atoms with E-state index in [1.165, 1.54) is 105 Å². The SMILES string of the molecule is C1=CC2C(C=C1n1c3cccc4ccc5cc(-c6ccncc6)cc1c5c43)c1cc(-n3c4cccc5ccc6cc(-c7ccncc7)cc3c6c54)ccc1N2c1ccccc1. The highest BCUT2D eigenvalue weighted by Gasteiger charge is 2.39. The third kappa shape index (κ3) is 4.60. The van der Waals surface area contributed by atoms with Crippen LogP contribution in [0.4, 0.5) is 11.4 Å². The third-order valence-electron chi connectivity index (χ3n) is 13.5. The molecule has 61 heavy (non-hydrogen) atoms. The van der Waals surface area contributed by atoms with Gasteiger partial charge in [-0.2, -0.15) is 0 Å². The van der Waals surface area contributed by atoms with Gasteiger partial charge in [-0.1, -0.05) is 78.9 Å². The summed E-state index contributed by atoms with van der Waals surface area (Å²) in [6.07, 6.45) is 14.9. The summed E-state index contributed by atoms with van der Waals surface area (Å²) in [5.74, 6) is 0.0980. The van der Waals surface area contributed by atoms with Crippen LogP contribution >= 0.6 is 0 Å². The topological polar surface area (TPSA) is 38.9 Å². The van der Waals surface area contributed by atoms with E-state index in [1.54, 1.807) is 0 Å². The minimum Gasteiger partial charge on any atom is -0.333 e. The number of benzene rings is 8. The summed E-state index contributed by atoms with van der Waals surface area (Å²) in [4.78, 5) is 11.2. The normalized spacial score (nSPS) is 16.2. The summed E-state index contributed by atoms with van der Waals surface area (Å²) >= 11 is 0. The molecule has 1 aliphatic heterocycles. The predicted molar refractivity (Wildman–Crippen MR) is 253 cm³/mol. The molecule has 0 spiro atoms. The number of rotatable bonds is 5. The number of anilines is 2. The summed E-state index contributed by atoms with van der Waals surface area (Å²) in [7, 11) is 0. The molecule has 4 aromatic heterocycles. The summed E-state index contributed by atoms with van der Waals surface area (Å²) in [6, 6.07) is 58.6. The summed E-state index contributed by atoms with van der Waals surface area (Å²) in [5, 5.41) is 10.3. The van der Waals surface area contributed by atoms with Crippen LogP contribution in [0.5, 0.6) is 0 Å². The van der Waals surface area contributed by atoms with Gasteiger partial charge in [-0.25, -0.2) is 0 Å². The number of nitrogens with zero attached hydrogens (tertiary/aromatic N) is 5. The average molecular weight is 778 g/mol. The van der Waals surface area contributed by atoms with Crippen LogP contribution in [0.2, 0.25) is 0 Å². The first-order valence-corrected chi connectivity index (χ1v) is 21.0. The zero-order valence-corrected chi connectivity index (χ0v) is 32.9. The van der Waals surface area contributed by atoms with Crippen molar-refractivity contribution >= 4 is 82.2 Å². The van der Waals surface area contributed by atoms with E-state index in [9.17, 15) is 0 Å². The zero-order valence-electron chi connectivity index (χ0n) is 32.9. The minimum atomic E-state index is 0.0980. The molecular formula is C56H35N5. The lowest BCUT2D eigenvalue weighted by atomic mass is 9.89. The Bertz CT molecular complexity index is 3760. The maximum absolute atomic E-state index is 4.32. The van der Waals surface area contributed by atoms with Gasteiger partial charge < -0.3 is 14.0 Å². The van der Waals surface area contributed by atoms with Gasteiger partial charge in [0.05, 0.1) is 28.1 Å². The van der Waals surface area contributed by atoms with Crippen molar-refractivity contribution in [1.29, 1.82) is 0 Å². The molecule has 5 heteroatoms. The molecule has 8 aromatic carbocycles. The van der Waals surface area contributed by atoms with E-state index < -0.39 is 0 Å². The molecule has 2 aliphatic rings. The molecule has 5 heterocycles.